The third kappa shape index (κ3) is 2.48. The van der Waals surface area contributed by atoms with Crippen LogP contribution in [0, 0.1) is 0 Å². The number of rotatable bonds is 2. The van der Waals surface area contributed by atoms with Crippen molar-refractivity contribution in [2.24, 2.45) is 5.73 Å². The highest BCUT2D eigenvalue weighted by Crippen LogP contribution is 2.10. The van der Waals surface area contributed by atoms with Gasteiger partial charge in [-0.2, -0.15) is 0 Å². The maximum absolute atomic E-state index is 10.9. The monoisotopic (exact) mass is 203 g/mol. The molecule has 0 radical (unpaired) electrons. The SMILES string of the molecule is NC(=O)OC(=O)c1ccc(CCl)o1. The summed E-state index contributed by atoms with van der Waals surface area (Å²) in [5, 5.41) is 0. The van der Waals surface area contributed by atoms with Crippen LogP contribution in [0.25, 0.3) is 0 Å². The molecule has 0 unspecified atom stereocenters. The molecule has 0 saturated carbocycles. The number of esters is 1. The van der Waals surface area contributed by atoms with Crippen molar-refractivity contribution in [2.75, 3.05) is 0 Å². The van der Waals surface area contributed by atoms with Crippen LogP contribution < -0.4 is 5.73 Å². The number of nitrogens with two attached hydrogens (primary N) is 1. The predicted octanol–water partition coefficient (Wildman–Crippen LogP) is 1.25. The first-order valence-corrected chi connectivity index (χ1v) is 3.83. The second-order valence-electron chi connectivity index (χ2n) is 2.11. The summed E-state index contributed by atoms with van der Waals surface area (Å²) >= 11 is 5.41. The Labute approximate surface area is 78.4 Å². The average molecular weight is 204 g/mol. The van der Waals surface area contributed by atoms with Crippen molar-refractivity contribution in [2.45, 2.75) is 5.88 Å². The van der Waals surface area contributed by atoms with Crippen LogP contribution in [0.1, 0.15) is 16.3 Å². The molecule has 2 N–H and O–H groups in total. The van der Waals surface area contributed by atoms with Gasteiger partial charge in [0.1, 0.15) is 5.76 Å². The van der Waals surface area contributed by atoms with E-state index in [1.165, 1.54) is 12.1 Å². The fourth-order valence-corrected chi connectivity index (χ4v) is 0.845. The Hall–Kier alpha value is -1.49. The number of amides is 1. The highest BCUT2D eigenvalue weighted by molar-refractivity contribution is 6.16. The zero-order valence-corrected chi connectivity index (χ0v) is 7.21. The van der Waals surface area contributed by atoms with Gasteiger partial charge < -0.3 is 14.9 Å². The van der Waals surface area contributed by atoms with E-state index in [1.807, 2.05) is 0 Å². The molecule has 0 saturated heterocycles. The molecule has 13 heavy (non-hydrogen) atoms. The smallest absolute Gasteiger partial charge is 0.412 e. The molecule has 1 aromatic heterocycles. The van der Waals surface area contributed by atoms with Crippen LogP contribution in [0.3, 0.4) is 0 Å². The number of furan rings is 1. The number of ether oxygens (including phenoxy) is 1. The highest BCUT2D eigenvalue weighted by Gasteiger charge is 2.14. The van der Waals surface area contributed by atoms with Crippen LogP contribution in [-0.4, -0.2) is 12.1 Å². The van der Waals surface area contributed by atoms with Crippen LogP contribution in [0.5, 0.6) is 0 Å². The molecule has 0 aliphatic carbocycles. The highest BCUT2D eigenvalue weighted by atomic mass is 35.5. The third-order valence-electron chi connectivity index (χ3n) is 1.19. The standard InChI is InChI=1S/C7H6ClNO4/c8-3-4-1-2-5(12-4)6(10)13-7(9)11/h1-2H,3H2,(H2,9,11). The Morgan fingerprint density at radius 1 is 1.54 bits per heavy atom. The van der Waals surface area contributed by atoms with E-state index in [4.69, 9.17) is 16.0 Å². The summed E-state index contributed by atoms with van der Waals surface area (Å²) in [5.74, 6) is -0.472. The van der Waals surface area contributed by atoms with Crippen molar-refractivity contribution >= 4 is 23.7 Å². The van der Waals surface area contributed by atoms with Crippen LogP contribution in [0.2, 0.25) is 0 Å². The molecule has 0 atom stereocenters. The van der Waals surface area contributed by atoms with Crippen LogP contribution in [-0.2, 0) is 10.6 Å². The van der Waals surface area contributed by atoms with Gasteiger partial charge in [-0.25, -0.2) is 9.59 Å². The van der Waals surface area contributed by atoms with E-state index in [0.717, 1.165) is 0 Å². The van der Waals surface area contributed by atoms with Crippen molar-refractivity contribution in [3.05, 3.63) is 23.7 Å². The van der Waals surface area contributed by atoms with Gasteiger partial charge in [-0.3, -0.25) is 0 Å². The van der Waals surface area contributed by atoms with Crippen LogP contribution in [0.4, 0.5) is 4.79 Å². The first-order valence-electron chi connectivity index (χ1n) is 3.29. The van der Waals surface area contributed by atoms with Gasteiger partial charge in [-0.05, 0) is 12.1 Å². The fourth-order valence-electron chi connectivity index (χ4n) is 0.701. The lowest BCUT2D eigenvalue weighted by Crippen LogP contribution is -2.17. The molecule has 0 aliphatic rings. The fraction of sp³-hybridized carbons (Fsp3) is 0.143. The van der Waals surface area contributed by atoms with Gasteiger partial charge in [0.25, 0.3) is 0 Å². The molecule has 0 aromatic carbocycles. The summed E-state index contributed by atoms with van der Waals surface area (Å²) in [6.07, 6.45) is -1.17. The predicted molar refractivity (Wildman–Crippen MR) is 43.3 cm³/mol. The molecule has 1 rings (SSSR count). The molecule has 0 fully saturated rings. The number of hydrogen-bond donors (Lipinski definition) is 1. The summed E-state index contributed by atoms with van der Waals surface area (Å²) in [5.41, 5.74) is 4.62. The van der Waals surface area contributed by atoms with E-state index < -0.39 is 12.1 Å². The largest absolute Gasteiger partial charge is 0.453 e. The Morgan fingerprint density at radius 3 is 2.69 bits per heavy atom. The van der Waals surface area contributed by atoms with Gasteiger partial charge in [0.15, 0.2) is 0 Å². The van der Waals surface area contributed by atoms with Crippen molar-refractivity contribution in [1.82, 2.24) is 0 Å². The minimum Gasteiger partial charge on any atom is -0.453 e. The van der Waals surface area contributed by atoms with E-state index in [0.29, 0.717) is 5.76 Å². The number of hydrogen-bond acceptors (Lipinski definition) is 4. The van der Waals surface area contributed by atoms with Crippen LogP contribution >= 0.6 is 11.6 Å². The molecule has 0 aliphatic heterocycles. The second kappa shape index (κ2) is 3.95. The molecule has 0 bridgehead atoms. The minimum absolute atomic E-state index is 0.102. The van der Waals surface area contributed by atoms with Gasteiger partial charge >= 0.3 is 12.1 Å². The minimum atomic E-state index is -1.17. The molecule has 6 heteroatoms. The average Bonchev–Trinajstić information content (AvgIpc) is 2.50. The lowest BCUT2D eigenvalue weighted by atomic mass is 10.4. The Bertz CT molecular complexity index is 333. The number of alkyl halides is 1. The summed E-state index contributed by atoms with van der Waals surface area (Å²) in [6.45, 7) is 0. The summed E-state index contributed by atoms with van der Waals surface area (Å²) < 4.78 is 8.94. The summed E-state index contributed by atoms with van der Waals surface area (Å²) in [4.78, 5) is 21.1. The van der Waals surface area contributed by atoms with E-state index in [9.17, 15) is 9.59 Å². The van der Waals surface area contributed by atoms with Crippen molar-refractivity contribution < 1.29 is 18.7 Å². The van der Waals surface area contributed by atoms with Gasteiger partial charge in [0, 0.05) is 0 Å². The molecule has 1 amide bonds. The van der Waals surface area contributed by atoms with Gasteiger partial charge in [-0.1, -0.05) is 0 Å². The quantitative estimate of drug-likeness (QED) is 0.446. The Balaban J connectivity index is 2.71. The molecule has 1 heterocycles. The lowest BCUT2D eigenvalue weighted by molar-refractivity contribution is 0.0603. The van der Waals surface area contributed by atoms with E-state index >= 15 is 0 Å². The summed E-state index contributed by atoms with van der Waals surface area (Å²) in [6, 6.07) is 2.85. The third-order valence-corrected chi connectivity index (χ3v) is 1.45. The van der Waals surface area contributed by atoms with E-state index in [2.05, 4.69) is 10.5 Å². The van der Waals surface area contributed by atoms with Gasteiger partial charge in [0.2, 0.25) is 5.76 Å². The zero-order valence-electron chi connectivity index (χ0n) is 6.45. The van der Waals surface area contributed by atoms with Crippen molar-refractivity contribution in [3.8, 4) is 0 Å². The first-order chi connectivity index (χ1) is 6.13. The topological polar surface area (TPSA) is 82.5 Å². The number of carbonyl (C=O) groups excluding carboxylic acids is 2. The molecular weight excluding hydrogens is 198 g/mol. The normalized spacial score (nSPS) is 9.62. The van der Waals surface area contributed by atoms with Crippen LogP contribution in [0.15, 0.2) is 16.5 Å². The van der Waals surface area contributed by atoms with Crippen molar-refractivity contribution in [1.29, 1.82) is 0 Å². The summed E-state index contributed by atoms with van der Waals surface area (Å²) in [7, 11) is 0. The maximum atomic E-state index is 10.9. The maximum Gasteiger partial charge on any atom is 0.412 e. The second-order valence-corrected chi connectivity index (χ2v) is 2.38. The molecular formula is C7H6ClNO4. The van der Waals surface area contributed by atoms with Gasteiger partial charge in [-0.15, -0.1) is 11.6 Å². The molecule has 70 valence electrons. The van der Waals surface area contributed by atoms with E-state index in [1.54, 1.807) is 0 Å². The number of primary amides is 1. The molecule has 5 nitrogen and oxygen atoms in total. The van der Waals surface area contributed by atoms with Gasteiger partial charge in [0.05, 0.1) is 5.88 Å². The zero-order chi connectivity index (χ0) is 9.84. The first kappa shape index (κ1) is 9.60. The van der Waals surface area contributed by atoms with Crippen molar-refractivity contribution in [3.63, 3.8) is 0 Å². The Kier molecular flexibility index (Phi) is 2.92. The molecule has 0 spiro atoms. The Morgan fingerprint density at radius 2 is 2.23 bits per heavy atom. The number of halogens is 1. The van der Waals surface area contributed by atoms with E-state index in [-0.39, 0.29) is 11.6 Å². The molecule has 1 aromatic rings. The lowest BCUT2D eigenvalue weighted by Gasteiger charge is -1.94. The number of carbonyl (C=O) groups is 2.